The molecule has 0 aliphatic carbocycles. The van der Waals surface area contributed by atoms with Crippen LogP contribution in [-0.4, -0.2) is 28.1 Å². The molecule has 5 nitrogen and oxygen atoms in total. The molecule has 0 fully saturated rings. The molecule has 19 heavy (non-hydrogen) atoms. The Morgan fingerprint density at radius 3 is 2.89 bits per heavy atom. The third kappa shape index (κ3) is 3.33. The lowest BCUT2D eigenvalue weighted by Gasteiger charge is -2.29. The second kappa shape index (κ2) is 6.47. The van der Waals surface area contributed by atoms with E-state index in [0.29, 0.717) is 12.5 Å². The summed E-state index contributed by atoms with van der Waals surface area (Å²) in [5, 5.41) is 2.03. The van der Waals surface area contributed by atoms with Crippen LogP contribution in [0.25, 0.3) is 4.96 Å². The van der Waals surface area contributed by atoms with E-state index in [1.54, 1.807) is 11.3 Å². The van der Waals surface area contributed by atoms with Crippen LogP contribution in [-0.2, 0) is 11.2 Å². The molecule has 2 unspecified atom stereocenters. The summed E-state index contributed by atoms with van der Waals surface area (Å²) in [7, 11) is 0. The van der Waals surface area contributed by atoms with E-state index >= 15 is 0 Å². The Morgan fingerprint density at radius 2 is 2.32 bits per heavy atom. The Bertz CT molecular complexity index is 479. The minimum Gasteiger partial charge on any atom is -0.377 e. The van der Waals surface area contributed by atoms with E-state index in [4.69, 9.17) is 10.6 Å². The van der Waals surface area contributed by atoms with Crippen molar-refractivity contribution in [2.45, 2.75) is 39.3 Å². The molecule has 0 spiro atoms. The number of ether oxygens (including phenoxy) is 1. The zero-order valence-corrected chi connectivity index (χ0v) is 12.5. The maximum absolute atomic E-state index is 5.81. The van der Waals surface area contributed by atoms with Gasteiger partial charge in [-0.3, -0.25) is 15.7 Å². The number of rotatable bonds is 7. The maximum atomic E-state index is 5.81. The summed E-state index contributed by atoms with van der Waals surface area (Å²) in [4.78, 5) is 5.61. The number of hydrogen-bond donors (Lipinski definition) is 2. The van der Waals surface area contributed by atoms with E-state index < -0.39 is 0 Å². The van der Waals surface area contributed by atoms with E-state index in [1.165, 1.54) is 0 Å². The number of hydrogen-bond acceptors (Lipinski definition) is 5. The van der Waals surface area contributed by atoms with Crippen LogP contribution < -0.4 is 11.3 Å². The van der Waals surface area contributed by atoms with Gasteiger partial charge in [0, 0.05) is 30.8 Å². The first-order chi connectivity index (χ1) is 9.15. The molecule has 3 N–H and O–H groups in total. The number of aromatic nitrogens is 2. The van der Waals surface area contributed by atoms with Gasteiger partial charge in [-0.25, -0.2) is 4.98 Å². The number of thiazole rings is 1. The van der Waals surface area contributed by atoms with Gasteiger partial charge in [0.15, 0.2) is 4.96 Å². The molecule has 0 amide bonds. The zero-order chi connectivity index (χ0) is 13.8. The van der Waals surface area contributed by atoms with Crippen LogP contribution in [0.5, 0.6) is 0 Å². The van der Waals surface area contributed by atoms with Crippen molar-refractivity contribution in [1.29, 1.82) is 0 Å². The van der Waals surface area contributed by atoms with Crippen molar-refractivity contribution in [3.63, 3.8) is 0 Å². The molecule has 2 aromatic heterocycles. The fourth-order valence-corrected chi connectivity index (χ4v) is 3.05. The molecule has 0 radical (unpaired) electrons. The summed E-state index contributed by atoms with van der Waals surface area (Å²) >= 11 is 1.64. The summed E-state index contributed by atoms with van der Waals surface area (Å²) in [6, 6.07) is 0.0737. The predicted octanol–water partition coefficient (Wildman–Crippen LogP) is 1.83. The average Bonchev–Trinajstić information content (AvgIpc) is 2.93. The van der Waals surface area contributed by atoms with E-state index in [-0.39, 0.29) is 12.1 Å². The summed E-state index contributed by atoms with van der Waals surface area (Å²) in [5.74, 6) is 6.10. The molecular formula is C13H22N4OS. The van der Waals surface area contributed by atoms with Crippen LogP contribution in [0.15, 0.2) is 17.8 Å². The molecule has 106 valence electrons. The van der Waals surface area contributed by atoms with Gasteiger partial charge in [-0.05, 0) is 12.8 Å². The lowest BCUT2D eigenvalue weighted by atomic mass is 9.96. The van der Waals surface area contributed by atoms with Crippen molar-refractivity contribution in [2.75, 3.05) is 6.61 Å². The fourth-order valence-electron chi connectivity index (χ4n) is 2.34. The Hall–Kier alpha value is -0.950. The highest BCUT2D eigenvalue weighted by Gasteiger charge is 2.25. The molecule has 0 saturated carbocycles. The summed E-state index contributed by atoms with van der Waals surface area (Å²) in [5.41, 5.74) is 3.92. The van der Waals surface area contributed by atoms with Crippen LogP contribution in [0.4, 0.5) is 0 Å². The smallest absolute Gasteiger partial charge is 0.193 e. The zero-order valence-electron chi connectivity index (χ0n) is 11.7. The summed E-state index contributed by atoms with van der Waals surface area (Å²) in [6.07, 6.45) is 4.94. The minimum atomic E-state index is 0.0737. The largest absolute Gasteiger partial charge is 0.377 e. The Kier molecular flexibility index (Phi) is 4.93. The quantitative estimate of drug-likeness (QED) is 0.601. The van der Waals surface area contributed by atoms with E-state index in [0.717, 1.165) is 17.1 Å². The van der Waals surface area contributed by atoms with Gasteiger partial charge in [0.1, 0.15) is 0 Å². The molecule has 0 aromatic carbocycles. The normalized spacial score (nSPS) is 15.2. The van der Waals surface area contributed by atoms with Crippen LogP contribution in [0.1, 0.15) is 26.5 Å². The first-order valence-corrected chi connectivity index (χ1v) is 7.52. The third-order valence-electron chi connectivity index (χ3n) is 3.20. The second-order valence-electron chi connectivity index (χ2n) is 4.97. The van der Waals surface area contributed by atoms with Crippen molar-refractivity contribution in [3.05, 3.63) is 23.5 Å². The standard InChI is InChI=1S/C13H22N4OS/c1-4-18-12(9(2)3)11(16-14)7-10-8-17-5-6-19-13(17)15-10/h5-6,8-9,11-12,16H,4,7,14H2,1-3H3. The van der Waals surface area contributed by atoms with Crippen molar-refractivity contribution in [1.82, 2.24) is 14.8 Å². The first kappa shape index (κ1) is 14.5. The van der Waals surface area contributed by atoms with Crippen molar-refractivity contribution >= 4 is 16.3 Å². The lowest BCUT2D eigenvalue weighted by Crippen LogP contribution is -2.49. The van der Waals surface area contributed by atoms with Crippen LogP contribution in [0.3, 0.4) is 0 Å². The third-order valence-corrected chi connectivity index (χ3v) is 3.97. The topological polar surface area (TPSA) is 64.6 Å². The number of fused-ring (bicyclic) bond motifs is 1. The summed E-state index contributed by atoms with van der Waals surface area (Å²) < 4.78 is 7.85. The van der Waals surface area contributed by atoms with Crippen molar-refractivity contribution in [2.24, 2.45) is 11.8 Å². The minimum absolute atomic E-state index is 0.0737. The van der Waals surface area contributed by atoms with Crippen molar-refractivity contribution in [3.8, 4) is 0 Å². The SMILES string of the molecule is CCOC(C(C)C)C(Cc1cn2ccsc2n1)NN. The second-order valence-corrected chi connectivity index (χ2v) is 5.84. The van der Waals surface area contributed by atoms with Gasteiger partial charge < -0.3 is 4.74 Å². The first-order valence-electron chi connectivity index (χ1n) is 6.64. The highest BCUT2D eigenvalue weighted by Crippen LogP contribution is 2.17. The average molecular weight is 282 g/mol. The molecule has 2 rings (SSSR count). The van der Waals surface area contributed by atoms with Gasteiger partial charge in [-0.15, -0.1) is 11.3 Å². The molecular weight excluding hydrogens is 260 g/mol. The van der Waals surface area contributed by atoms with E-state index in [1.807, 2.05) is 22.9 Å². The van der Waals surface area contributed by atoms with Gasteiger partial charge in [0.25, 0.3) is 0 Å². The maximum Gasteiger partial charge on any atom is 0.193 e. The number of nitrogens with one attached hydrogen (secondary N) is 1. The Labute approximate surface area is 117 Å². The highest BCUT2D eigenvalue weighted by molar-refractivity contribution is 7.15. The number of nitrogens with zero attached hydrogens (tertiary/aromatic N) is 2. The summed E-state index contributed by atoms with van der Waals surface area (Å²) in [6.45, 7) is 7.00. The van der Waals surface area contributed by atoms with E-state index in [2.05, 4.69) is 30.5 Å². The number of imidazole rings is 1. The molecule has 6 heteroatoms. The fraction of sp³-hybridized carbons (Fsp3) is 0.615. The van der Waals surface area contributed by atoms with Gasteiger partial charge in [-0.2, -0.15) is 0 Å². The molecule has 0 bridgehead atoms. The highest BCUT2D eigenvalue weighted by atomic mass is 32.1. The van der Waals surface area contributed by atoms with Crippen molar-refractivity contribution < 1.29 is 4.74 Å². The van der Waals surface area contributed by atoms with Gasteiger partial charge in [-0.1, -0.05) is 13.8 Å². The molecule has 0 saturated heterocycles. The number of hydrazine groups is 1. The van der Waals surface area contributed by atoms with Crippen LogP contribution in [0.2, 0.25) is 0 Å². The van der Waals surface area contributed by atoms with Crippen LogP contribution in [0, 0.1) is 5.92 Å². The predicted molar refractivity (Wildman–Crippen MR) is 78.1 cm³/mol. The van der Waals surface area contributed by atoms with Gasteiger partial charge in [0.05, 0.1) is 17.8 Å². The molecule has 2 atom stereocenters. The van der Waals surface area contributed by atoms with Gasteiger partial charge >= 0.3 is 0 Å². The Balaban J connectivity index is 2.10. The number of nitrogens with two attached hydrogens (primary N) is 1. The van der Waals surface area contributed by atoms with E-state index in [9.17, 15) is 0 Å². The molecule has 2 aromatic rings. The van der Waals surface area contributed by atoms with Crippen LogP contribution >= 0.6 is 11.3 Å². The lowest BCUT2D eigenvalue weighted by molar-refractivity contribution is 0.00337. The molecule has 0 aliphatic heterocycles. The molecule has 0 aliphatic rings. The Morgan fingerprint density at radius 1 is 1.53 bits per heavy atom. The monoisotopic (exact) mass is 282 g/mol. The molecule has 2 heterocycles. The van der Waals surface area contributed by atoms with Gasteiger partial charge in [0.2, 0.25) is 0 Å².